The van der Waals surface area contributed by atoms with E-state index in [0.717, 1.165) is 28.7 Å². The maximum atomic E-state index is 13.0. The third kappa shape index (κ3) is 2.86. The van der Waals surface area contributed by atoms with Gasteiger partial charge in [-0.15, -0.1) is 0 Å². The summed E-state index contributed by atoms with van der Waals surface area (Å²) in [6.07, 6.45) is 0.153. The lowest BCUT2D eigenvalue weighted by Crippen LogP contribution is -2.30. The quantitative estimate of drug-likeness (QED) is 0.530. The van der Waals surface area contributed by atoms with Crippen molar-refractivity contribution >= 4 is 45.0 Å². The lowest BCUT2D eigenvalue weighted by Gasteiger charge is -2.24. The fourth-order valence-corrected chi connectivity index (χ4v) is 4.35. The van der Waals surface area contributed by atoms with Crippen LogP contribution in [-0.4, -0.2) is 16.4 Å². The predicted octanol–water partition coefficient (Wildman–Crippen LogP) is 4.88. The van der Waals surface area contributed by atoms with E-state index in [2.05, 4.69) is 40.3 Å². The molecule has 0 fully saturated rings. The first-order valence-corrected chi connectivity index (χ1v) is 9.86. The number of aryl methyl sites for hydroxylation is 1. The number of benzene rings is 3. The Labute approximate surface area is 168 Å². The molecule has 2 N–H and O–H groups in total. The highest BCUT2D eigenvalue weighted by Crippen LogP contribution is 2.34. The molecule has 1 aliphatic rings. The van der Waals surface area contributed by atoms with E-state index in [1.807, 2.05) is 48.5 Å². The number of para-hydroxylation sites is 2. The van der Waals surface area contributed by atoms with Crippen LogP contribution in [0.3, 0.4) is 0 Å². The fraction of sp³-hybridized carbons (Fsp3) is 0.167. The Hall–Kier alpha value is -3.60. The minimum absolute atomic E-state index is 0.134. The summed E-state index contributed by atoms with van der Waals surface area (Å²) in [5.41, 5.74) is 4.64. The van der Waals surface area contributed by atoms with Gasteiger partial charge in [0.2, 0.25) is 11.8 Å². The summed E-state index contributed by atoms with van der Waals surface area (Å²) in [6, 6.07) is 21.8. The first-order valence-electron chi connectivity index (χ1n) is 9.86. The van der Waals surface area contributed by atoms with E-state index in [1.54, 1.807) is 0 Å². The number of carbonyl (C=O) groups is 2. The predicted molar refractivity (Wildman–Crippen MR) is 116 cm³/mol. The number of fused-ring (bicyclic) bond motifs is 4. The Kier molecular flexibility index (Phi) is 4.09. The highest BCUT2D eigenvalue weighted by Gasteiger charge is 2.30. The van der Waals surface area contributed by atoms with Crippen LogP contribution in [0, 0.1) is 0 Å². The smallest absolute Gasteiger partial charge is 0.232 e. The van der Waals surface area contributed by atoms with E-state index >= 15 is 0 Å². The third-order valence-electron chi connectivity index (χ3n) is 5.67. The summed E-state index contributed by atoms with van der Waals surface area (Å²) >= 11 is 0. The molecule has 144 valence electrons. The topological polar surface area (TPSA) is 63.1 Å². The molecular weight excluding hydrogens is 362 g/mol. The van der Waals surface area contributed by atoms with Crippen LogP contribution in [0.25, 0.3) is 21.8 Å². The number of anilines is 2. The highest BCUT2D eigenvalue weighted by molar-refractivity contribution is 6.10. The number of aromatic nitrogens is 1. The Balaban J connectivity index is 1.52. The zero-order valence-electron chi connectivity index (χ0n) is 16.1. The van der Waals surface area contributed by atoms with Gasteiger partial charge in [-0.3, -0.25) is 9.59 Å². The van der Waals surface area contributed by atoms with E-state index in [1.165, 1.54) is 10.9 Å². The number of carbonyl (C=O) groups excluding carboxylic acids is 2. The van der Waals surface area contributed by atoms with Crippen LogP contribution < -0.4 is 10.6 Å². The first kappa shape index (κ1) is 17.5. The first-order chi connectivity index (χ1) is 14.2. The number of nitrogens with zero attached hydrogens (tertiary/aromatic N) is 1. The van der Waals surface area contributed by atoms with Crippen molar-refractivity contribution in [3.05, 3.63) is 72.3 Å². The zero-order chi connectivity index (χ0) is 20.0. The second-order valence-electron chi connectivity index (χ2n) is 7.37. The molecule has 5 rings (SSSR count). The van der Waals surface area contributed by atoms with Crippen molar-refractivity contribution in [1.29, 1.82) is 0 Å². The van der Waals surface area contributed by atoms with Crippen molar-refractivity contribution in [3.8, 4) is 0 Å². The van der Waals surface area contributed by atoms with Crippen LogP contribution in [0.2, 0.25) is 0 Å². The molecule has 29 heavy (non-hydrogen) atoms. The molecule has 1 aromatic heterocycles. The van der Waals surface area contributed by atoms with Gasteiger partial charge >= 0.3 is 0 Å². The molecule has 5 nitrogen and oxygen atoms in total. The molecule has 0 aliphatic carbocycles. The normalized spacial score (nSPS) is 15.9. The average molecular weight is 383 g/mol. The zero-order valence-corrected chi connectivity index (χ0v) is 16.1. The molecule has 5 heteroatoms. The molecular formula is C24H21N3O2. The Morgan fingerprint density at radius 1 is 1.03 bits per heavy atom. The molecule has 0 saturated carbocycles. The minimum atomic E-state index is -0.493. The lowest BCUT2D eigenvalue weighted by atomic mass is 9.90. The van der Waals surface area contributed by atoms with Crippen LogP contribution in [0.5, 0.6) is 0 Å². The standard InChI is InChI=1S/C24H21N3O2/c1-2-27-21-10-6-4-8-17(21)18-13-15(11-12-22(18)27)25-24(29)19-14-23(28)26-20-9-5-3-7-16(19)20/h3-13,19H,2,14H2,1H3,(H,25,29)(H,26,28). The largest absolute Gasteiger partial charge is 0.341 e. The molecule has 0 radical (unpaired) electrons. The molecule has 0 bridgehead atoms. The summed E-state index contributed by atoms with van der Waals surface area (Å²) < 4.78 is 2.28. The molecule has 0 saturated heterocycles. The molecule has 1 aliphatic heterocycles. The molecule has 2 heterocycles. The van der Waals surface area contributed by atoms with Crippen molar-refractivity contribution in [1.82, 2.24) is 4.57 Å². The second kappa shape index (κ2) is 6.78. The summed E-state index contributed by atoms with van der Waals surface area (Å²) in [5, 5.41) is 8.15. The van der Waals surface area contributed by atoms with Gasteiger partial charge in [-0.05, 0) is 42.8 Å². The molecule has 1 unspecified atom stereocenters. The van der Waals surface area contributed by atoms with Gasteiger partial charge in [0.1, 0.15) is 0 Å². The van der Waals surface area contributed by atoms with Crippen molar-refractivity contribution in [2.75, 3.05) is 10.6 Å². The number of rotatable bonds is 3. The van der Waals surface area contributed by atoms with Crippen LogP contribution in [0.1, 0.15) is 24.8 Å². The highest BCUT2D eigenvalue weighted by atomic mass is 16.2. The van der Waals surface area contributed by atoms with E-state index < -0.39 is 5.92 Å². The molecule has 4 aromatic rings. The fourth-order valence-electron chi connectivity index (χ4n) is 4.35. The van der Waals surface area contributed by atoms with E-state index in [9.17, 15) is 9.59 Å². The van der Waals surface area contributed by atoms with Gasteiger partial charge < -0.3 is 15.2 Å². The Bertz CT molecular complexity index is 1270. The number of hydrogen-bond acceptors (Lipinski definition) is 2. The van der Waals surface area contributed by atoms with Gasteiger partial charge in [0.25, 0.3) is 0 Å². The number of nitrogens with one attached hydrogen (secondary N) is 2. The lowest BCUT2D eigenvalue weighted by molar-refractivity contribution is -0.123. The van der Waals surface area contributed by atoms with Crippen molar-refractivity contribution in [2.24, 2.45) is 0 Å². The van der Waals surface area contributed by atoms with Crippen LogP contribution in [-0.2, 0) is 16.1 Å². The monoisotopic (exact) mass is 383 g/mol. The van der Waals surface area contributed by atoms with Crippen molar-refractivity contribution < 1.29 is 9.59 Å². The molecule has 0 spiro atoms. The van der Waals surface area contributed by atoms with Crippen molar-refractivity contribution in [2.45, 2.75) is 25.8 Å². The van der Waals surface area contributed by atoms with E-state index in [0.29, 0.717) is 5.69 Å². The number of hydrogen-bond donors (Lipinski definition) is 2. The number of amides is 2. The Morgan fingerprint density at radius 2 is 1.79 bits per heavy atom. The summed E-state index contributed by atoms with van der Waals surface area (Å²) in [4.78, 5) is 25.1. The van der Waals surface area contributed by atoms with Gasteiger partial charge in [0.15, 0.2) is 0 Å². The van der Waals surface area contributed by atoms with Gasteiger partial charge in [-0.2, -0.15) is 0 Å². The summed E-state index contributed by atoms with van der Waals surface area (Å²) in [7, 11) is 0. The second-order valence-corrected chi connectivity index (χ2v) is 7.37. The van der Waals surface area contributed by atoms with E-state index in [4.69, 9.17) is 0 Å². The maximum absolute atomic E-state index is 13.0. The summed E-state index contributed by atoms with van der Waals surface area (Å²) in [6.45, 7) is 3.01. The van der Waals surface area contributed by atoms with Gasteiger partial charge in [-0.25, -0.2) is 0 Å². The SMILES string of the molecule is CCn1c2ccccc2c2cc(NC(=O)C3CC(=O)Nc4ccccc43)ccc21. The van der Waals surface area contributed by atoms with Crippen LogP contribution >= 0.6 is 0 Å². The van der Waals surface area contributed by atoms with Gasteiger partial charge in [0, 0.05) is 46.1 Å². The van der Waals surface area contributed by atoms with Crippen LogP contribution in [0.4, 0.5) is 11.4 Å². The maximum Gasteiger partial charge on any atom is 0.232 e. The van der Waals surface area contributed by atoms with Gasteiger partial charge in [0.05, 0.1) is 5.92 Å². The average Bonchev–Trinajstić information content (AvgIpc) is 3.06. The summed E-state index contributed by atoms with van der Waals surface area (Å²) in [5.74, 6) is -0.788. The van der Waals surface area contributed by atoms with Gasteiger partial charge in [-0.1, -0.05) is 36.4 Å². The van der Waals surface area contributed by atoms with Crippen LogP contribution in [0.15, 0.2) is 66.7 Å². The minimum Gasteiger partial charge on any atom is -0.341 e. The van der Waals surface area contributed by atoms with E-state index in [-0.39, 0.29) is 18.2 Å². The molecule has 3 aromatic carbocycles. The molecule has 2 amide bonds. The Morgan fingerprint density at radius 3 is 2.66 bits per heavy atom. The molecule has 1 atom stereocenters. The van der Waals surface area contributed by atoms with Crippen molar-refractivity contribution in [3.63, 3.8) is 0 Å². The third-order valence-corrected chi connectivity index (χ3v) is 5.67.